The predicted molar refractivity (Wildman–Crippen MR) is 175 cm³/mol. The molecule has 0 aliphatic heterocycles. The van der Waals surface area contributed by atoms with E-state index in [4.69, 9.17) is 4.74 Å². The molecular formula is C34H39N5O6S. The molecule has 0 aliphatic carbocycles. The van der Waals surface area contributed by atoms with Gasteiger partial charge in [-0.3, -0.25) is 9.97 Å². The van der Waals surface area contributed by atoms with Gasteiger partial charge in [0.2, 0.25) is 10.0 Å². The molecule has 0 aliphatic rings. The van der Waals surface area contributed by atoms with Crippen LogP contribution in [0.4, 0.5) is 10.6 Å². The maximum atomic E-state index is 13.6. The van der Waals surface area contributed by atoms with Gasteiger partial charge in [-0.25, -0.2) is 32.6 Å². The van der Waals surface area contributed by atoms with Crippen LogP contribution in [-0.4, -0.2) is 52.2 Å². The Labute approximate surface area is 269 Å². The summed E-state index contributed by atoms with van der Waals surface area (Å²) in [5.74, 6) is -1.24. The maximum absolute atomic E-state index is 13.6. The van der Waals surface area contributed by atoms with E-state index in [9.17, 15) is 23.1 Å². The number of carbonyl (C=O) groups excluding carboxylic acids is 1. The maximum Gasteiger partial charge on any atom is 0.416 e. The highest BCUT2D eigenvalue weighted by Gasteiger charge is 2.43. The Bertz CT molecular complexity index is 1750. The molecule has 1 aromatic carbocycles. The molecule has 242 valence electrons. The van der Waals surface area contributed by atoms with Gasteiger partial charge in [0, 0.05) is 24.2 Å². The van der Waals surface area contributed by atoms with Gasteiger partial charge < -0.3 is 9.84 Å². The summed E-state index contributed by atoms with van der Waals surface area (Å²) in [5.41, 5.74) is 0.922. The number of sulfonamides is 1. The van der Waals surface area contributed by atoms with Crippen molar-refractivity contribution in [3.05, 3.63) is 103 Å². The van der Waals surface area contributed by atoms with E-state index in [1.165, 1.54) is 30.6 Å². The monoisotopic (exact) mass is 645 g/mol. The van der Waals surface area contributed by atoms with E-state index in [2.05, 4.69) is 19.7 Å². The molecule has 0 saturated carbocycles. The van der Waals surface area contributed by atoms with Crippen molar-refractivity contribution in [1.29, 1.82) is 0 Å². The zero-order chi connectivity index (χ0) is 33.7. The van der Waals surface area contributed by atoms with E-state index < -0.39 is 45.2 Å². The van der Waals surface area contributed by atoms with Crippen LogP contribution < -0.4 is 9.62 Å². The summed E-state index contributed by atoms with van der Waals surface area (Å²) in [6.07, 6.45) is 3.73. The summed E-state index contributed by atoms with van der Waals surface area (Å²) in [6, 6.07) is 18.6. The highest BCUT2D eigenvalue weighted by Crippen LogP contribution is 2.32. The molecule has 11 nitrogen and oxygen atoms in total. The number of hydrogen-bond acceptors (Lipinski definition) is 8. The van der Waals surface area contributed by atoms with Crippen molar-refractivity contribution >= 4 is 27.9 Å². The van der Waals surface area contributed by atoms with Gasteiger partial charge in [-0.05, 0) is 74.6 Å². The van der Waals surface area contributed by atoms with Gasteiger partial charge in [0.1, 0.15) is 22.4 Å². The van der Waals surface area contributed by atoms with Crippen molar-refractivity contribution in [2.45, 2.75) is 70.5 Å². The van der Waals surface area contributed by atoms with Gasteiger partial charge in [-0.2, -0.15) is 0 Å². The van der Waals surface area contributed by atoms with Crippen molar-refractivity contribution in [3.63, 3.8) is 0 Å². The Balaban J connectivity index is 1.79. The van der Waals surface area contributed by atoms with Crippen LogP contribution in [0.3, 0.4) is 0 Å². The van der Waals surface area contributed by atoms with E-state index in [1.807, 2.05) is 42.5 Å². The van der Waals surface area contributed by atoms with Crippen LogP contribution in [0.5, 0.6) is 0 Å². The minimum Gasteiger partial charge on any atom is -0.480 e. The van der Waals surface area contributed by atoms with Gasteiger partial charge in [0.05, 0.1) is 17.4 Å². The van der Waals surface area contributed by atoms with Crippen LogP contribution in [0.25, 0.3) is 11.3 Å². The number of anilines is 1. The lowest BCUT2D eigenvalue weighted by Gasteiger charge is -2.37. The second-order valence-electron chi connectivity index (χ2n) is 12.9. The molecule has 0 saturated heterocycles. The Morgan fingerprint density at radius 1 is 0.913 bits per heavy atom. The highest BCUT2D eigenvalue weighted by molar-refractivity contribution is 7.89. The zero-order valence-corrected chi connectivity index (χ0v) is 27.5. The van der Waals surface area contributed by atoms with E-state index >= 15 is 0 Å². The molecule has 3 heterocycles. The SMILES string of the molecule is CC(C)(C)OC(=O)N(c1cccc(C(Cc2ccc(-c3ccccn3)cc2)NS(=O)(=O)c2cccnc2)n1)C(C(=O)O)C(C)(C)C. The molecule has 1 amide bonds. The lowest BCUT2D eigenvalue weighted by atomic mass is 9.85. The van der Waals surface area contributed by atoms with E-state index in [0.717, 1.165) is 21.7 Å². The number of nitrogens with one attached hydrogen (secondary N) is 1. The van der Waals surface area contributed by atoms with Crippen molar-refractivity contribution in [2.75, 3.05) is 4.90 Å². The topological polar surface area (TPSA) is 152 Å². The minimum atomic E-state index is -4.07. The largest absolute Gasteiger partial charge is 0.480 e. The standard InChI is InChI=1S/C34H39N5O6S/c1-33(2,3)30(31(40)41)39(32(42)45-34(4,5)6)29-14-9-13-27(37-29)28(38-46(43,44)25-11-10-19-35-22-25)21-23-15-17-24(18-16-23)26-12-7-8-20-36-26/h7-20,22,28,30,38H,21H2,1-6H3,(H,40,41). The first-order valence-electron chi connectivity index (χ1n) is 14.7. The molecule has 0 fully saturated rings. The lowest BCUT2D eigenvalue weighted by molar-refractivity contribution is -0.141. The molecule has 12 heteroatoms. The summed E-state index contributed by atoms with van der Waals surface area (Å²) in [4.78, 5) is 40.2. The fourth-order valence-electron chi connectivity index (χ4n) is 4.83. The molecule has 4 aromatic rings. The first kappa shape index (κ1) is 34.2. The first-order valence-corrected chi connectivity index (χ1v) is 16.2. The Morgan fingerprint density at radius 3 is 2.20 bits per heavy atom. The van der Waals surface area contributed by atoms with E-state index in [-0.39, 0.29) is 22.8 Å². The van der Waals surface area contributed by atoms with Crippen LogP contribution in [0, 0.1) is 5.41 Å². The van der Waals surface area contributed by atoms with Gasteiger partial charge in [-0.15, -0.1) is 0 Å². The van der Waals surface area contributed by atoms with Crippen molar-refractivity contribution < 1.29 is 27.9 Å². The number of nitrogens with zero attached hydrogens (tertiary/aromatic N) is 4. The zero-order valence-electron chi connectivity index (χ0n) is 26.7. The lowest BCUT2D eigenvalue weighted by Crippen LogP contribution is -2.54. The third kappa shape index (κ3) is 8.73. The quantitative estimate of drug-likeness (QED) is 0.210. The number of amides is 1. The number of pyridine rings is 3. The number of carboxylic acid groups (broad SMARTS) is 1. The summed E-state index contributed by atoms with van der Waals surface area (Å²) < 4.78 is 35.4. The molecule has 4 rings (SSSR count). The molecule has 2 N–H and O–H groups in total. The van der Waals surface area contributed by atoms with Crippen LogP contribution >= 0.6 is 0 Å². The third-order valence-electron chi connectivity index (χ3n) is 6.86. The van der Waals surface area contributed by atoms with Crippen molar-refractivity contribution in [3.8, 4) is 11.3 Å². The fraction of sp³-hybridized carbons (Fsp3) is 0.324. The number of rotatable bonds is 10. The number of aromatic nitrogens is 3. The number of aliphatic carboxylic acids is 1. The molecule has 0 spiro atoms. The Kier molecular flexibility index (Phi) is 10.2. The molecular weight excluding hydrogens is 606 g/mol. The number of carboxylic acids is 1. The minimum absolute atomic E-state index is 0.00477. The summed E-state index contributed by atoms with van der Waals surface area (Å²) in [5, 5.41) is 10.3. The Morgan fingerprint density at radius 2 is 1.63 bits per heavy atom. The summed E-state index contributed by atoms with van der Waals surface area (Å²) >= 11 is 0. The molecule has 46 heavy (non-hydrogen) atoms. The molecule has 0 bridgehead atoms. The van der Waals surface area contributed by atoms with E-state index in [1.54, 1.807) is 59.9 Å². The van der Waals surface area contributed by atoms with Crippen LogP contribution in [0.15, 0.2) is 96.3 Å². The normalized spacial score (nSPS) is 13.4. The predicted octanol–water partition coefficient (Wildman–Crippen LogP) is 6.04. The molecule has 2 atom stereocenters. The van der Waals surface area contributed by atoms with Crippen molar-refractivity contribution in [2.24, 2.45) is 5.41 Å². The highest BCUT2D eigenvalue weighted by atomic mass is 32.2. The van der Waals surface area contributed by atoms with Gasteiger partial charge in [-0.1, -0.05) is 57.2 Å². The molecule has 0 radical (unpaired) electrons. The average Bonchev–Trinajstić information content (AvgIpc) is 2.99. The summed E-state index contributed by atoms with van der Waals surface area (Å²) in [7, 11) is -4.07. The van der Waals surface area contributed by atoms with Crippen LogP contribution in [0.1, 0.15) is 58.8 Å². The smallest absolute Gasteiger partial charge is 0.416 e. The second kappa shape index (κ2) is 13.8. The summed E-state index contributed by atoms with van der Waals surface area (Å²) in [6.45, 7) is 10.2. The first-order chi connectivity index (χ1) is 21.5. The number of ether oxygens (including phenoxy) is 1. The van der Waals surface area contributed by atoms with Gasteiger partial charge >= 0.3 is 12.1 Å². The fourth-order valence-corrected chi connectivity index (χ4v) is 6.00. The molecule has 3 aromatic heterocycles. The average molecular weight is 646 g/mol. The van der Waals surface area contributed by atoms with Crippen LogP contribution in [0.2, 0.25) is 0 Å². The number of benzene rings is 1. The Hall–Kier alpha value is -4.68. The third-order valence-corrected chi connectivity index (χ3v) is 8.32. The van der Waals surface area contributed by atoms with Crippen molar-refractivity contribution in [1.82, 2.24) is 19.7 Å². The van der Waals surface area contributed by atoms with Gasteiger partial charge in [0.25, 0.3) is 0 Å². The second-order valence-corrected chi connectivity index (χ2v) is 14.6. The van der Waals surface area contributed by atoms with Crippen LogP contribution in [-0.2, 0) is 26.0 Å². The number of hydrogen-bond donors (Lipinski definition) is 2. The van der Waals surface area contributed by atoms with Gasteiger partial charge in [0.15, 0.2) is 0 Å². The number of carbonyl (C=O) groups is 2. The van der Waals surface area contributed by atoms with E-state index in [0.29, 0.717) is 0 Å². The molecule has 2 unspecified atom stereocenters.